The van der Waals surface area contributed by atoms with E-state index in [0.717, 1.165) is 37.4 Å². The highest BCUT2D eigenvalue weighted by Crippen LogP contribution is 2.17. The second-order valence-corrected chi connectivity index (χ2v) is 7.00. The first-order valence-electron chi connectivity index (χ1n) is 10.0. The molecule has 1 heterocycles. The van der Waals surface area contributed by atoms with Gasteiger partial charge in [0.15, 0.2) is 0 Å². The first-order chi connectivity index (χ1) is 14.5. The van der Waals surface area contributed by atoms with Crippen molar-refractivity contribution < 1.29 is 18.7 Å². The van der Waals surface area contributed by atoms with Gasteiger partial charge in [0.05, 0.1) is 13.2 Å². The molecule has 0 unspecified atom stereocenters. The third-order valence-corrected chi connectivity index (χ3v) is 4.82. The minimum atomic E-state index is -0.380. The molecule has 3 rings (SSSR count). The molecule has 1 amide bonds. The van der Waals surface area contributed by atoms with Gasteiger partial charge < -0.3 is 15.0 Å². The summed E-state index contributed by atoms with van der Waals surface area (Å²) < 4.78 is 17.9. The van der Waals surface area contributed by atoms with Gasteiger partial charge >= 0.3 is 5.97 Å². The number of carbonyl (C=O) groups is 2. The number of hydrogen-bond donors (Lipinski definition) is 1. The van der Waals surface area contributed by atoms with Gasteiger partial charge in [-0.05, 0) is 55.0 Å². The summed E-state index contributed by atoms with van der Waals surface area (Å²) >= 11 is 0. The number of nitrogens with zero attached hydrogens (tertiary/aromatic N) is 2. The summed E-state index contributed by atoms with van der Waals surface area (Å²) in [6.45, 7) is 5.54. The van der Waals surface area contributed by atoms with Crippen LogP contribution in [0.1, 0.15) is 12.5 Å². The summed E-state index contributed by atoms with van der Waals surface area (Å²) in [7, 11) is 0. The van der Waals surface area contributed by atoms with E-state index in [2.05, 4.69) is 15.1 Å². The van der Waals surface area contributed by atoms with E-state index in [1.54, 1.807) is 37.3 Å². The van der Waals surface area contributed by atoms with Crippen LogP contribution in [-0.4, -0.2) is 56.1 Å². The largest absolute Gasteiger partial charge is 0.463 e. The molecule has 2 aromatic rings. The lowest BCUT2D eigenvalue weighted by atomic mass is 10.2. The highest BCUT2D eigenvalue weighted by Gasteiger charge is 2.19. The monoisotopic (exact) mass is 411 g/mol. The molecule has 7 heteroatoms. The van der Waals surface area contributed by atoms with Gasteiger partial charge in [-0.3, -0.25) is 9.69 Å². The Balaban J connectivity index is 1.43. The predicted molar refractivity (Wildman–Crippen MR) is 116 cm³/mol. The van der Waals surface area contributed by atoms with Crippen LogP contribution in [0.4, 0.5) is 15.8 Å². The summed E-state index contributed by atoms with van der Waals surface area (Å²) in [6, 6.07) is 13.7. The van der Waals surface area contributed by atoms with Crippen molar-refractivity contribution in [1.29, 1.82) is 0 Å². The van der Waals surface area contributed by atoms with Crippen molar-refractivity contribution in [2.75, 3.05) is 49.5 Å². The Bertz CT molecular complexity index is 874. The first-order valence-corrected chi connectivity index (χ1v) is 10.0. The summed E-state index contributed by atoms with van der Waals surface area (Å²) in [5.41, 5.74) is 2.55. The Morgan fingerprint density at radius 1 is 1.03 bits per heavy atom. The minimum Gasteiger partial charge on any atom is -0.463 e. The maximum absolute atomic E-state index is 13.1. The van der Waals surface area contributed by atoms with Crippen LogP contribution in [0.5, 0.6) is 0 Å². The van der Waals surface area contributed by atoms with Crippen LogP contribution in [0, 0.1) is 5.82 Å². The van der Waals surface area contributed by atoms with Gasteiger partial charge in [-0.15, -0.1) is 0 Å². The summed E-state index contributed by atoms with van der Waals surface area (Å²) in [4.78, 5) is 28.0. The van der Waals surface area contributed by atoms with Crippen LogP contribution in [-0.2, 0) is 14.3 Å². The molecule has 0 saturated carbocycles. The Morgan fingerprint density at radius 2 is 1.70 bits per heavy atom. The maximum Gasteiger partial charge on any atom is 0.330 e. The van der Waals surface area contributed by atoms with Crippen LogP contribution in [0.2, 0.25) is 0 Å². The van der Waals surface area contributed by atoms with Crippen molar-refractivity contribution in [3.8, 4) is 0 Å². The van der Waals surface area contributed by atoms with Crippen molar-refractivity contribution in [3.63, 3.8) is 0 Å². The second-order valence-electron chi connectivity index (χ2n) is 7.00. The number of ether oxygens (including phenoxy) is 1. The molecule has 1 aliphatic heterocycles. The standard InChI is InChI=1S/C23H26FN3O3/c1-2-30-23(29)12-5-18-3-8-20(9-4-18)25-22(28)17-26-13-15-27(16-14-26)21-10-6-19(24)7-11-21/h3-12H,2,13-17H2,1H3,(H,25,28)/b12-5+. The summed E-state index contributed by atoms with van der Waals surface area (Å²) in [6.07, 6.45) is 3.05. The van der Waals surface area contributed by atoms with Gasteiger partial charge in [0, 0.05) is 43.6 Å². The Labute approximate surface area is 175 Å². The fourth-order valence-electron chi connectivity index (χ4n) is 3.25. The van der Waals surface area contributed by atoms with E-state index in [0.29, 0.717) is 18.8 Å². The van der Waals surface area contributed by atoms with Gasteiger partial charge in [0.1, 0.15) is 5.82 Å². The molecule has 1 N–H and O–H groups in total. The van der Waals surface area contributed by atoms with Crippen LogP contribution in [0.3, 0.4) is 0 Å². The number of amides is 1. The number of piperazine rings is 1. The Hall–Kier alpha value is -3.19. The Kier molecular flexibility index (Phi) is 7.57. The minimum absolute atomic E-state index is 0.0694. The number of benzene rings is 2. The zero-order valence-electron chi connectivity index (χ0n) is 17.0. The van der Waals surface area contributed by atoms with Crippen LogP contribution in [0.15, 0.2) is 54.6 Å². The zero-order valence-corrected chi connectivity index (χ0v) is 17.0. The normalized spacial score (nSPS) is 14.7. The lowest BCUT2D eigenvalue weighted by Gasteiger charge is -2.35. The molecule has 0 spiro atoms. The van der Waals surface area contributed by atoms with E-state index in [1.165, 1.54) is 18.2 Å². The van der Waals surface area contributed by atoms with E-state index in [9.17, 15) is 14.0 Å². The lowest BCUT2D eigenvalue weighted by Crippen LogP contribution is -2.48. The molecule has 0 aliphatic carbocycles. The van der Waals surface area contributed by atoms with Gasteiger partial charge in [-0.25, -0.2) is 9.18 Å². The van der Waals surface area contributed by atoms with Crippen molar-refractivity contribution in [2.45, 2.75) is 6.92 Å². The molecule has 0 radical (unpaired) electrons. The summed E-state index contributed by atoms with van der Waals surface area (Å²) in [5, 5.41) is 2.90. The molecule has 158 valence electrons. The number of anilines is 2. The zero-order chi connectivity index (χ0) is 21.3. The quantitative estimate of drug-likeness (QED) is 0.560. The number of carbonyl (C=O) groups excluding carboxylic acids is 2. The Morgan fingerprint density at radius 3 is 2.33 bits per heavy atom. The molecule has 1 fully saturated rings. The number of esters is 1. The number of halogens is 1. The third-order valence-electron chi connectivity index (χ3n) is 4.82. The fourth-order valence-corrected chi connectivity index (χ4v) is 3.25. The van der Waals surface area contributed by atoms with Gasteiger partial charge in [0.2, 0.25) is 5.91 Å². The molecular weight excluding hydrogens is 385 g/mol. The molecule has 2 aromatic carbocycles. The molecule has 1 aliphatic rings. The van der Waals surface area contributed by atoms with Crippen molar-refractivity contribution in [2.24, 2.45) is 0 Å². The van der Waals surface area contributed by atoms with E-state index in [4.69, 9.17) is 4.74 Å². The average molecular weight is 411 g/mol. The van der Waals surface area contributed by atoms with E-state index in [1.807, 2.05) is 12.1 Å². The second kappa shape index (κ2) is 10.5. The first kappa shape index (κ1) is 21.5. The van der Waals surface area contributed by atoms with Crippen molar-refractivity contribution in [1.82, 2.24) is 4.90 Å². The van der Waals surface area contributed by atoms with E-state index >= 15 is 0 Å². The highest BCUT2D eigenvalue weighted by molar-refractivity contribution is 5.92. The fraction of sp³-hybridized carbons (Fsp3) is 0.304. The van der Waals surface area contributed by atoms with E-state index in [-0.39, 0.29) is 17.7 Å². The molecule has 6 nitrogen and oxygen atoms in total. The molecule has 1 saturated heterocycles. The third kappa shape index (κ3) is 6.42. The SMILES string of the molecule is CCOC(=O)/C=C/c1ccc(NC(=O)CN2CCN(c3ccc(F)cc3)CC2)cc1. The van der Waals surface area contributed by atoms with Gasteiger partial charge in [-0.1, -0.05) is 12.1 Å². The molecule has 0 atom stereocenters. The lowest BCUT2D eigenvalue weighted by molar-refractivity contribution is -0.137. The maximum atomic E-state index is 13.1. The van der Waals surface area contributed by atoms with Crippen molar-refractivity contribution in [3.05, 3.63) is 66.0 Å². The van der Waals surface area contributed by atoms with Crippen LogP contribution in [0.25, 0.3) is 6.08 Å². The summed E-state index contributed by atoms with van der Waals surface area (Å²) in [5.74, 6) is -0.688. The smallest absolute Gasteiger partial charge is 0.330 e. The number of nitrogens with one attached hydrogen (secondary N) is 1. The molecule has 0 aromatic heterocycles. The van der Waals surface area contributed by atoms with Gasteiger partial charge in [0.25, 0.3) is 0 Å². The van der Waals surface area contributed by atoms with Crippen LogP contribution >= 0.6 is 0 Å². The average Bonchev–Trinajstić information content (AvgIpc) is 2.75. The molecule has 30 heavy (non-hydrogen) atoms. The predicted octanol–water partition coefficient (Wildman–Crippen LogP) is 3.16. The van der Waals surface area contributed by atoms with E-state index < -0.39 is 0 Å². The number of rotatable bonds is 7. The van der Waals surface area contributed by atoms with Gasteiger partial charge in [-0.2, -0.15) is 0 Å². The molecule has 0 bridgehead atoms. The number of hydrogen-bond acceptors (Lipinski definition) is 5. The topological polar surface area (TPSA) is 61.9 Å². The van der Waals surface area contributed by atoms with Crippen LogP contribution < -0.4 is 10.2 Å². The highest BCUT2D eigenvalue weighted by atomic mass is 19.1. The molecular formula is C23H26FN3O3. The van der Waals surface area contributed by atoms with Crippen molar-refractivity contribution >= 4 is 29.3 Å².